The number of aromatic nitrogens is 3. The predicted octanol–water partition coefficient (Wildman–Crippen LogP) is 2.96. The number of nitrogens with zero attached hydrogens (tertiary/aromatic N) is 4. The second-order valence-electron chi connectivity index (χ2n) is 6.60. The van der Waals surface area contributed by atoms with Crippen molar-refractivity contribution in [3.8, 4) is 0 Å². The molecule has 2 aliphatic rings. The Bertz CT molecular complexity index is 768. The largest absolute Gasteiger partial charge is 0.338 e. The molecule has 1 aromatic carbocycles. The number of benzene rings is 1. The van der Waals surface area contributed by atoms with Crippen molar-refractivity contribution in [2.45, 2.75) is 37.6 Å². The molecule has 1 saturated carbocycles. The van der Waals surface area contributed by atoms with Crippen molar-refractivity contribution in [2.75, 3.05) is 13.1 Å². The average Bonchev–Trinajstić information content (AvgIpc) is 3.26. The maximum Gasteiger partial charge on any atom is 0.223 e. The molecule has 0 N–H and O–H groups in total. The maximum atomic E-state index is 13.4. The molecule has 2 heterocycles. The summed E-state index contributed by atoms with van der Waals surface area (Å²) >= 11 is 5.66. The smallest absolute Gasteiger partial charge is 0.223 e. The molecular formula is C17H18ClFN4O. The topological polar surface area (TPSA) is 51.0 Å². The first-order chi connectivity index (χ1) is 11.6. The zero-order valence-corrected chi connectivity index (χ0v) is 13.9. The highest BCUT2D eigenvalue weighted by Crippen LogP contribution is 2.39. The van der Waals surface area contributed by atoms with E-state index in [0.29, 0.717) is 31.8 Å². The molecule has 0 radical (unpaired) electrons. The number of carbonyl (C=O) groups excluding carboxylic acids is 1. The summed E-state index contributed by atoms with van der Waals surface area (Å²) in [6.45, 7) is 1.34. The van der Waals surface area contributed by atoms with Crippen molar-refractivity contribution in [1.29, 1.82) is 0 Å². The first-order valence-corrected chi connectivity index (χ1v) is 8.61. The lowest BCUT2D eigenvalue weighted by Gasteiger charge is -2.39. The van der Waals surface area contributed by atoms with Gasteiger partial charge in [-0.1, -0.05) is 22.9 Å². The molecule has 0 atom stereocenters. The van der Waals surface area contributed by atoms with Crippen molar-refractivity contribution in [2.24, 2.45) is 0 Å². The highest BCUT2D eigenvalue weighted by molar-refractivity contribution is 6.30. The van der Waals surface area contributed by atoms with Gasteiger partial charge < -0.3 is 4.90 Å². The summed E-state index contributed by atoms with van der Waals surface area (Å²) in [7, 11) is 0. The number of likely N-dealkylation sites (tertiary alicyclic amines) is 1. The Hall–Kier alpha value is -1.95. The van der Waals surface area contributed by atoms with Crippen LogP contribution in [0, 0.1) is 5.82 Å². The number of hydrogen-bond acceptors (Lipinski definition) is 3. The second-order valence-corrected chi connectivity index (χ2v) is 7.01. The van der Waals surface area contributed by atoms with Gasteiger partial charge in [-0.3, -0.25) is 4.79 Å². The Labute approximate surface area is 144 Å². The van der Waals surface area contributed by atoms with E-state index >= 15 is 0 Å². The summed E-state index contributed by atoms with van der Waals surface area (Å²) in [4.78, 5) is 14.0. The Balaban J connectivity index is 1.26. The van der Waals surface area contributed by atoms with Gasteiger partial charge in [0.15, 0.2) is 0 Å². The van der Waals surface area contributed by atoms with Crippen LogP contribution in [0.25, 0.3) is 0 Å². The Morgan fingerprint density at radius 1 is 1.33 bits per heavy atom. The zero-order chi connectivity index (χ0) is 16.7. The van der Waals surface area contributed by atoms with E-state index in [2.05, 4.69) is 10.3 Å². The van der Waals surface area contributed by atoms with Gasteiger partial charge in [0, 0.05) is 31.6 Å². The summed E-state index contributed by atoms with van der Waals surface area (Å²) < 4.78 is 15.3. The van der Waals surface area contributed by atoms with E-state index in [1.807, 2.05) is 15.8 Å². The molecule has 2 aromatic rings. The van der Waals surface area contributed by atoms with Gasteiger partial charge >= 0.3 is 0 Å². The predicted molar refractivity (Wildman–Crippen MR) is 87.3 cm³/mol. The molecule has 0 spiro atoms. The molecule has 1 aromatic heterocycles. The van der Waals surface area contributed by atoms with Crippen LogP contribution in [0.5, 0.6) is 0 Å². The first kappa shape index (κ1) is 15.6. The van der Waals surface area contributed by atoms with Crippen molar-refractivity contribution >= 4 is 17.5 Å². The standard InChI is InChI=1S/C17H18ClFN4O/c18-14-5-1-11(7-15(14)19)2-6-17(24)22-8-13(9-22)23-10-16(20-21-23)12-3-4-12/h1,5,7,10,12-13H,2-4,6,8-9H2. The van der Waals surface area contributed by atoms with Gasteiger partial charge in [0.1, 0.15) is 5.82 Å². The lowest BCUT2D eigenvalue weighted by Crippen LogP contribution is -2.51. The van der Waals surface area contributed by atoms with Crippen molar-refractivity contribution in [1.82, 2.24) is 19.9 Å². The Morgan fingerprint density at radius 2 is 2.12 bits per heavy atom. The molecule has 1 aliphatic heterocycles. The molecule has 0 unspecified atom stereocenters. The number of rotatable bonds is 5. The van der Waals surface area contributed by atoms with E-state index < -0.39 is 5.82 Å². The number of carbonyl (C=O) groups is 1. The van der Waals surface area contributed by atoms with Crippen LogP contribution in [-0.4, -0.2) is 38.9 Å². The third-order valence-electron chi connectivity index (χ3n) is 4.72. The third kappa shape index (κ3) is 3.15. The van der Waals surface area contributed by atoms with Gasteiger partial charge in [0.05, 0.1) is 16.8 Å². The van der Waals surface area contributed by atoms with Crippen molar-refractivity contribution in [3.63, 3.8) is 0 Å². The molecule has 1 aliphatic carbocycles. The monoisotopic (exact) mass is 348 g/mol. The quantitative estimate of drug-likeness (QED) is 0.834. The third-order valence-corrected chi connectivity index (χ3v) is 5.03. The van der Waals surface area contributed by atoms with Crippen LogP contribution in [0.1, 0.15) is 42.5 Å². The van der Waals surface area contributed by atoms with Crippen LogP contribution in [0.2, 0.25) is 5.02 Å². The summed E-state index contributed by atoms with van der Waals surface area (Å²) in [6, 6.07) is 4.90. The zero-order valence-electron chi connectivity index (χ0n) is 13.2. The summed E-state index contributed by atoms with van der Waals surface area (Å²) in [5.41, 5.74) is 1.86. The van der Waals surface area contributed by atoms with Gasteiger partial charge in [0.2, 0.25) is 5.91 Å². The average molecular weight is 349 g/mol. The van der Waals surface area contributed by atoms with Gasteiger partial charge in [-0.25, -0.2) is 9.07 Å². The van der Waals surface area contributed by atoms with Crippen LogP contribution in [0.4, 0.5) is 4.39 Å². The molecule has 4 rings (SSSR count). The van der Waals surface area contributed by atoms with Crippen LogP contribution >= 0.6 is 11.6 Å². The van der Waals surface area contributed by atoms with Gasteiger partial charge in [-0.05, 0) is 37.0 Å². The lowest BCUT2D eigenvalue weighted by molar-refractivity contribution is -0.137. The van der Waals surface area contributed by atoms with E-state index in [1.165, 1.54) is 25.0 Å². The minimum Gasteiger partial charge on any atom is -0.338 e. The van der Waals surface area contributed by atoms with Crippen LogP contribution in [-0.2, 0) is 11.2 Å². The number of aryl methyl sites for hydroxylation is 1. The highest BCUT2D eigenvalue weighted by atomic mass is 35.5. The van der Waals surface area contributed by atoms with E-state index in [9.17, 15) is 9.18 Å². The van der Waals surface area contributed by atoms with Gasteiger partial charge in [0.25, 0.3) is 0 Å². The van der Waals surface area contributed by atoms with E-state index in [0.717, 1.165) is 11.3 Å². The minimum absolute atomic E-state index is 0.0872. The fraction of sp³-hybridized carbons (Fsp3) is 0.471. The lowest BCUT2D eigenvalue weighted by atomic mass is 10.1. The summed E-state index contributed by atoms with van der Waals surface area (Å²) in [6.07, 6.45) is 5.32. The molecule has 7 heteroatoms. The Morgan fingerprint density at radius 3 is 2.83 bits per heavy atom. The van der Waals surface area contributed by atoms with Gasteiger partial charge in [-0.2, -0.15) is 0 Å². The molecular weight excluding hydrogens is 331 g/mol. The molecule has 24 heavy (non-hydrogen) atoms. The molecule has 1 amide bonds. The van der Waals surface area contributed by atoms with Crippen LogP contribution < -0.4 is 0 Å². The molecule has 0 bridgehead atoms. The summed E-state index contributed by atoms with van der Waals surface area (Å²) in [5, 5.41) is 8.49. The van der Waals surface area contributed by atoms with Crippen LogP contribution in [0.15, 0.2) is 24.4 Å². The molecule has 126 valence electrons. The number of halogens is 2. The van der Waals surface area contributed by atoms with Crippen LogP contribution in [0.3, 0.4) is 0 Å². The molecule has 1 saturated heterocycles. The van der Waals surface area contributed by atoms with E-state index in [-0.39, 0.29) is 17.0 Å². The van der Waals surface area contributed by atoms with Crippen molar-refractivity contribution in [3.05, 3.63) is 46.5 Å². The summed E-state index contributed by atoms with van der Waals surface area (Å²) in [5.74, 6) is 0.240. The fourth-order valence-corrected chi connectivity index (χ4v) is 3.08. The first-order valence-electron chi connectivity index (χ1n) is 8.23. The molecule has 5 nitrogen and oxygen atoms in total. The minimum atomic E-state index is -0.441. The normalized spacial score (nSPS) is 17.8. The highest BCUT2D eigenvalue weighted by Gasteiger charge is 2.34. The Kier molecular flexibility index (Phi) is 4.00. The van der Waals surface area contributed by atoms with E-state index in [4.69, 9.17) is 11.6 Å². The fourth-order valence-electron chi connectivity index (χ4n) is 2.97. The number of amides is 1. The SMILES string of the molecule is O=C(CCc1ccc(Cl)c(F)c1)N1CC(n2cc(C3CC3)nn2)C1. The number of hydrogen-bond donors (Lipinski definition) is 0. The maximum absolute atomic E-state index is 13.4. The second kappa shape index (κ2) is 6.16. The van der Waals surface area contributed by atoms with E-state index in [1.54, 1.807) is 6.07 Å². The van der Waals surface area contributed by atoms with Gasteiger partial charge in [-0.15, -0.1) is 5.10 Å². The van der Waals surface area contributed by atoms with Crippen molar-refractivity contribution < 1.29 is 9.18 Å². The molecule has 2 fully saturated rings.